The molecule has 0 fully saturated rings. The fourth-order valence-electron chi connectivity index (χ4n) is 3.17. The van der Waals surface area contributed by atoms with E-state index in [2.05, 4.69) is 4.72 Å². The summed E-state index contributed by atoms with van der Waals surface area (Å²) in [5.74, 6) is -0.384. The molecule has 0 aliphatic carbocycles. The molecule has 26 heavy (non-hydrogen) atoms. The van der Waals surface area contributed by atoms with Crippen LogP contribution in [0.15, 0.2) is 47.4 Å². The topological polar surface area (TPSA) is 66.5 Å². The number of nitrogens with zero attached hydrogens (tertiary/aromatic N) is 1. The van der Waals surface area contributed by atoms with Gasteiger partial charge in [-0.3, -0.25) is 4.79 Å². The molecule has 0 bridgehead atoms. The van der Waals surface area contributed by atoms with Crippen molar-refractivity contribution in [1.82, 2.24) is 4.72 Å². The first-order valence-electron chi connectivity index (χ1n) is 8.52. The summed E-state index contributed by atoms with van der Waals surface area (Å²) in [6, 6.07) is 10.9. The van der Waals surface area contributed by atoms with Crippen LogP contribution in [-0.4, -0.2) is 27.4 Å². The lowest BCUT2D eigenvalue weighted by molar-refractivity contribution is -0.116. The van der Waals surface area contributed by atoms with Crippen LogP contribution in [0.3, 0.4) is 0 Å². The van der Waals surface area contributed by atoms with E-state index in [4.69, 9.17) is 0 Å². The van der Waals surface area contributed by atoms with Gasteiger partial charge in [-0.15, -0.1) is 0 Å². The van der Waals surface area contributed by atoms with Gasteiger partial charge in [0.1, 0.15) is 5.82 Å². The van der Waals surface area contributed by atoms with E-state index in [-0.39, 0.29) is 23.2 Å². The smallest absolute Gasteiger partial charge is 0.240 e. The number of rotatable bonds is 5. The minimum atomic E-state index is -3.66. The first-order valence-corrected chi connectivity index (χ1v) is 10.0. The van der Waals surface area contributed by atoms with Gasteiger partial charge in [0, 0.05) is 25.7 Å². The summed E-state index contributed by atoms with van der Waals surface area (Å²) in [6.07, 6.45) is 1.95. The molecule has 0 spiro atoms. The van der Waals surface area contributed by atoms with E-state index in [0.29, 0.717) is 13.0 Å². The van der Waals surface area contributed by atoms with Gasteiger partial charge in [-0.25, -0.2) is 17.5 Å². The highest BCUT2D eigenvalue weighted by Crippen LogP contribution is 2.29. The lowest BCUT2D eigenvalue weighted by Crippen LogP contribution is -2.33. The normalized spacial score (nSPS) is 14.2. The molecule has 1 aliphatic rings. The van der Waals surface area contributed by atoms with Crippen molar-refractivity contribution >= 4 is 21.6 Å². The van der Waals surface area contributed by atoms with E-state index >= 15 is 0 Å². The Bertz CT molecular complexity index is 928. The zero-order chi connectivity index (χ0) is 18.7. The maximum absolute atomic E-state index is 13.2. The Morgan fingerprint density at radius 2 is 2.04 bits per heavy atom. The predicted molar refractivity (Wildman–Crippen MR) is 98.1 cm³/mol. The molecule has 0 saturated carbocycles. The number of sulfonamides is 1. The van der Waals surface area contributed by atoms with Crippen molar-refractivity contribution in [3.8, 4) is 0 Å². The summed E-state index contributed by atoms with van der Waals surface area (Å²) in [6.45, 7) is 2.34. The summed E-state index contributed by atoms with van der Waals surface area (Å²) in [5, 5.41) is 0. The zero-order valence-corrected chi connectivity index (χ0v) is 15.4. The van der Waals surface area contributed by atoms with Crippen molar-refractivity contribution in [3.63, 3.8) is 0 Å². The Balaban J connectivity index is 1.72. The third-order valence-corrected chi connectivity index (χ3v) is 5.91. The van der Waals surface area contributed by atoms with Crippen LogP contribution in [0.1, 0.15) is 24.5 Å². The molecule has 1 heterocycles. The monoisotopic (exact) mass is 376 g/mol. The highest BCUT2D eigenvalue weighted by Gasteiger charge is 2.22. The first kappa shape index (κ1) is 18.5. The number of aryl methyl sites for hydroxylation is 1. The summed E-state index contributed by atoms with van der Waals surface area (Å²) < 4.78 is 40.8. The molecule has 5 nitrogen and oxygen atoms in total. The molecular formula is C19H21FN2O3S. The van der Waals surface area contributed by atoms with E-state index in [1.807, 2.05) is 0 Å². The van der Waals surface area contributed by atoms with Crippen molar-refractivity contribution in [2.24, 2.45) is 0 Å². The Hall–Kier alpha value is -2.25. The minimum Gasteiger partial charge on any atom is -0.312 e. The van der Waals surface area contributed by atoms with Crippen molar-refractivity contribution in [3.05, 3.63) is 59.4 Å². The molecule has 1 aliphatic heterocycles. The number of anilines is 1. The highest BCUT2D eigenvalue weighted by molar-refractivity contribution is 7.89. The van der Waals surface area contributed by atoms with Gasteiger partial charge in [0.15, 0.2) is 0 Å². The van der Waals surface area contributed by atoms with Crippen LogP contribution in [-0.2, 0) is 27.7 Å². The van der Waals surface area contributed by atoms with E-state index in [1.54, 1.807) is 29.2 Å². The lowest BCUT2D eigenvalue weighted by atomic mass is 10.0. The lowest BCUT2D eigenvalue weighted by Gasteiger charge is -2.28. The van der Waals surface area contributed by atoms with Gasteiger partial charge in [0.25, 0.3) is 0 Å². The quantitative estimate of drug-likeness (QED) is 0.872. The maximum Gasteiger partial charge on any atom is 0.240 e. The third kappa shape index (κ3) is 4.11. The molecular weight excluding hydrogens is 355 g/mol. The third-order valence-electron chi connectivity index (χ3n) is 4.45. The number of hydrogen-bond acceptors (Lipinski definition) is 3. The van der Waals surface area contributed by atoms with E-state index in [9.17, 15) is 17.6 Å². The van der Waals surface area contributed by atoms with Gasteiger partial charge in [-0.05, 0) is 60.7 Å². The van der Waals surface area contributed by atoms with Crippen LogP contribution in [0.25, 0.3) is 0 Å². The van der Waals surface area contributed by atoms with Crippen LogP contribution in [0.5, 0.6) is 0 Å². The van der Waals surface area contributed by atoms with Crippen molar-refractivity contribution in [1.29, 1.82) is 0 Å². The number of carbonyl (C=O) groups excluding carboxylic acids is 1. The number of fused-ring (bicyclic) bond motifs is 1. The van der Waals surface area contributed by atoms with Gasteiger partial charge in [0.2, 0.25) is 15.9 Å². The van der Waals surface area contributed by atoms with Gasteiger partial charge in [-0.1, -0.05) is 12.1 Å². The summed E-state index contributed by atoms with van der Waals surface area (Å²) in [5.41, 5.74) is 2.37. The standard InChI is InChI=1S/C19H21FN2O3S/c1-14(23)22-11-3-5-16-13-18(7-8-19(16)22)26(24,25)21-10-9-15-4-2-6-17(20)12-15/h2,4,6-8,12-13,21H,3,5,9-11H2,1H3. The molecule has 1 N–H and O–H groups in total. The Morgan fingerprint density at radius 3 is 2.77 bits per heavy atom. The molecule has 3 rings (SSSR count). The number of halogens is 1. The van der Waals surface area contributed by atoms with Gasteiger partial charge < -0.3 is 4.90 Å². The molecule has 1 amide bonds. The average molecular weight is 376 g/mol. The van der Waals surface area contributed by atoms with E-state index in [1.165, 1.54) is 25.1 Å². The van der Waals surface area contributed by atoms with Gasteiger partial charge in [0.05, 0.1) is 4.90 Å². The first-order chi connectivity index (χ1) is 12.4. The van der Waals surface area contributed by atoms with Crippen LogP contribution in [0.4, 0.5) is 10.1 Å². The number of nitrogens with one attached hydrogen (secondary N) is 1. The zero-order valence-electron chi connectivity index (χ0n) is 14.5. The number of benzene rings is 2. The van der Waals surface area contributed by atoms with Gasteiger partial charge in [-0.2, -0.15) is 0 Å². The van der Waals surface area contributed by atoms with Crippen molar-refractivity contribution in [2.45, 2.75) is 31.1 Å². The summed E-state index contributed by atoms with van der Waals surface area (Å²) >= 11 is 0. The highest BCUT2D eigenvalue weighted by atomic mass is 32.2. The number of carbonyl (C=O) groups is 1. The van der Waals surface area contributed by atoms with Crippen LogP contribution >= 0.6 is 0 Å². The molecule has 0 atom stereocenters. The molecule has 0 saturated heterocycles. The van der Waals surface area contributed by atoms with E-state index < -0.39 is 10.0 Å². The summed E-state index contributed by atoms with van der Waals surface area (Å²) in [4.78, 5) is 13.6. The molecule has 7 heteroatoms. The fourth-order valence-corrected chi connectivity index (χ4v) is 4.26. The van der Waals surface area contributed by atoms with E-state index in [0.717, 1.165) is 29.7 Å². The maximum atomic E-state index is 13.2. The second kappa shape index (κ2) is 7.55. The van der Waals surface area contributed by atoms with Crippen LogP contribution < -0.4 is 9.62 Å². The molecule has 0 aromatic heterocycles. The molecule has 138 valence electrons. The van der Waals surface area contributed by atoms with Crippen molar-refractivity contribution < 1.29 is 17.6 Å². The fraction of sp³-hybridized carbons (Fsp3) is 0.316. The molecule has 2 aromatic rings. The second-order valence-corrected chi connectivity index (χ2v) is 8.11. The number of amides is 1. The molecule has 0 radical (unpaired) electrons. The Kier molecular flexibility index (Phi) is 5.38. The predicted octanol–water partition coefficient (Wildman–Crippen LogP) is 2.65. The van der Waals surface area contributed by atoms with Crippen molar-refractivity contribution in [2.75, 3.05) is 18.0 Å². The Labute approximate surface area is 152 Å². The Morgan fingerprint density at radius 1 is 1.23 bits per heavy atom. The van der Waals surface area contributed by atoms with Crippen LogP contribution in [0.2, 0.25) is 0 Å². The largest absolute Gasteiger partial charge is 0.312 e. The summed E-state index contributed by atoms with van der Waals surface area (Å²) in [7, 11) is -3.66. The number of hydrogen-bond donors (Lipinski definition) is 1. The molecule has 2 aromatic carbocycles. The second-order valence-electron chi connectivity index (χ2n) is 6.34. The van der Waals surface area contributed by atoms with Crippen LogP contribution in [0, 0.1) is 5.82 Å². The average Bonchev–Trinajstić information content (AvgIpc) is 2.60. The molecule has 0 unspecified atom stereocenters. The SMILES string of the molecule is CC(=O)N1CCCc2cc(S(=O)(=O)NCCc3cccc(F)c3)ccc21. The minimum absolute atomic E-state index is 0.0465. The van der Waals surface area contributed by atoms with Gasteiger partial charge >= 0.3 is 0 Å².